The second kappa shape index (κ2) is 6.10. The third kappa shape index (κ3) is 2.97. The summed E-state index contributed by atoms with van der Waals surface area (Å²) in [5.74, 6) is 1.05. The predicted octanol–water partition coefficient (Wildman–Crippen LogP) is 3.27. The van der Waals surface area contributed by atoms with Crippen molar-refractivity contribution >= 4 is 33.2 Å². The Balaban J connectivity index is 2.17. The molecular formula is C11H13BrN4OS. The molecule has 0 fully saturated rings. The fourth-order valence-corrected chi connectivity index (χ4v) is 2.59. The van der Waals surface area contributed by atoms with Crippen LogP contribution >= 0.6 is 27.3 Å². The first-order chi connectivity index (χ1) is 8.74. The molecule has 0 saturated heterocycles. The van der Waals surface area contributed by atoms with Crippen LogP contribution in [0.3, 0.4) is 0 Å². The molecule has 0 aliphatic rings. The SMILES string of the molecule is CCC(Nc1ncc(Br)c(OC)n1)c1nccs1. The number of nitrogens with zero attached hydrogens (tertiary/aromatic N) is 3. The highest BCUT2D eigenvalue weighted by Gasteiger charge is 2.14. The largest absolute Gasteiger partial charge is 0.480 e. The van der Waals surface area contributed by atoms with Gasteiger partial charge in [0.25, 0.3) is 0 Å². The number of anilines is 1. The number of thiazole rings is 1. The van der Waals surface area contributed by atoms with Crippen molar-refractivity contribution in [3.05, 3.63) is 27.3 Å². The summed E-state index contributed by atoms with van der Waals surface area (Å²) in [5, 5.41) is 6.25. The van der Waals surface area contributed by atoms with Crippen molar-refractivity contribution < 1.29 is 4.74 Å². The number of hydrogen-bond acceptors (Lipinski definition) is 6. The average Bonchev–Trinajstić information content (AvgIpc) is 2.91. The minimum Gasteiger partial charge on any atom is -0.480 e. The summed E-state index contributed by atoms with van der Waals surface area (Å²) in [4.78, 5) is 12.8. The second-order valence-corrected chi connectivity index (χ2v) is 5.31. The van der Waals surface area contributed by atoms with Gasteiger partial charge in [-0.3, -0.25) is 0 Å². The molecule has 0 spiro atoms. The molecule has 2 rings (SSSR count). The highest BCUT2D eigenvalue weighted by molar-refractivity contribution is 9.10. The van der Waals surface area contributed by atoms with E-state index in [2.05, 4.69) is 43.1 Å². The van der Waals surface area contributed by atoms with Crippen LogP contribution in [-0.4, -0.2) is 22.1 Å². The van der Waals surface area contributed by atoms with Crippen LogP contribution in [0.15, 0.2) is 22.2 Å². The topological polar surface area (TPSA) is 59.9 Å². The van der Waals surface area contributed by atoms with Crippen molar-refractivity contribution in [1.82, 2.24) is 15.0 Å². The molecule has 96 valence electrons. The highest BCUT2D eigenvalue weighted by Crippen LogP contribution is 2.26. The maximum absolute atomic E-state index is 5.14. The summed E-state index contributed by atoms with van der Waals surface area (Å²) in [6.07, 6.45) is 4.38. The fourth-order valence-electron chi connectivity index (χ4n) is 1.47. The van der Waals surface area contributed by atoms with E-state index in [9.17, 15) is 0 Å². The Morgan fingerprint density at radius 2 is 2.33 bits per heavy atom. The van der Waals surface area contributed by atoms with Crippen LogP contribution < -0.4 is 10.1 Å². The van der Waals surface area contributed by atoms with Gasteiger partial charge in [-0.1, -0.05) is 6.92 Å². The predicted molar refractivity (Wildman–Crippen MR) is 75.1 cm³/mol. The maximum Gasteiger partial charge on any atom is 0.232 e. The summed E-state index contributed by atoms with van der Waals surface area (Å²) in [5.41, 5.74) is 0. The molecule has 18 heavy (non-hydrogen) atoms. The lowest BCUT2D eigenvalue weighted by Crippen LogP contribution is -2.12. The fraction of sp³-hybridized carbons (Fsp3) is 0.364. The molecule has 0 aliphatic carbocycles. The molecule has 0 aliphatic heterocycles. The van der Waals surface area contributed by atoms with Gasteiger partial charge in [0.1, 0.15) is 5.01 Å². The van der Waals surface area contributed by atoms with E-state index in [1.807, 2.05) is 5.38 Å². The average molecular weight is 329 g/mol. The van der Waals surface area contributed by atoms with Crippen LogP contribution in [0.1, 0.15) is 24.4 Å². The quantitative estimate of drug-likeness (QED) is 0.912. The zero-order chi connectivity index (χ0) is 13.0. The van der Waals surface area contributed by atoms with Crippen LogP contribution in [0.4, 0.5) is 5.95 Å². The van der Waals surface area contributed by atoms with Gasteiger partial charge >= 0.3 is 0 Å². The number of nitrogens with one attached hydrogen (secondary N) is 1. The lowest BCUT2D eigenvalue weighted by atomic mass is 10.2. The van der Waals surface area contributed by atoms with Gasteiger partial charge in [0.05, 0.1) is 23.8 Å². The van der Waals surface area contributed by atoms with E-state index < -0.39 is 0 Å². The molecule has 2 aromatic heterocycles. The Morgan fingerprint density at radius 3 is 2.94 bits per heavy atom. The molecule has 2 heterocycles. The molecular weight excluding hydrogens is 316 g/mol. The van der Waals surface area contributed by atoms with Crippen molar-refractivity contribution in [2.24, 2.45) is 0 Å². The van der Waals surface area contributed by atoms with Crippen LogP contribution in [0.2, 0.25) is 0 Å². The Kier molecular flexibility index (Phi) is 4.48. The van der Waals surface area contributed by atoms with E-state index in [1.165, 1.54) is 0 Å². The van der Waals surface area contributed by atoms with Gasteiger partial charge in [-0.05, 0) is 22.4 Å². The monoisotopic (exact) mass is 328 g/mol. The molecule has 0 amide bonds. The van der Waals surface area contributed by atoms with Gasteiger partial charge in [0.15, 0.2) is 0 Å². The molecule has 7 heteroatoms. The molecule has 0 aromatic carbocycles. The lowest BCUT2D eigenvalue weighted by Gasteiger charge is -2.14. The van der Waals surface area contributed by atoms with E-state index in [0.29, 0.717) is 11.8 Å². The summed E-state index contributed by atoms with van der Waals surface area (Å²) in [6, 6.07) is 0.121. The second-order valence-electron chi connectivity index (χ2n) is 3.53. The van der Waals surface area contributed by atoms with Gasteiger partial charge in [-0.25, -0.2) is 9.97 Å². The zero-order valence-electron chi connectivity index (χ0n) is 10.1. The Morgan fingerprint density at radius 1 is 1.50 bits per heavy atom. The number of ether oxygens (including phenoxy) is 1. The van der Waals surface area contributed by atoms with Gasteiger partial charge in [-0.15, -0.1) is 11.3 Å². The number of aromatic nitrogens is 3. The molecule has 0 saturated carbocycles. The number of halogens is 1. The molecule has 1 N–H and O–H groups in total. The van der Waals surface area contributed by atoms with Gasteiger partial charge < -0.3 is 10.1 Å². The Hall–Kier alpha value is -1.21. The molecule has 2 aromatic rings. The summed E-state index contributed by atoms with van der Waals surface area (Å²) >= 11 is 4.94. The zero-order valence-corrected chi connectivity index (χ0v) is 12.5. The van der Waals surface area contributed by atoms with Crippen molar-refractivity contribution in [3.8, 4) is 5.88 Å². The number of rotatable bonds is 5. The van der Waals surface area contributed by atoms with Crippen molar-refractivity contribution in [2.75, 3.05) is 12.4 Å². The first kappa shape index (κ1) is 13.2. The summed E-state index contributed by atoms with van der Waals surface area (Å²) < 4.78 is 5.87. The molecule has 5 nitrogen and oxygen atoms in total. The van der Waals surface area contributed by atoms with E-state index >= 15 is 0 Å². The van der Waals surface area contributed by atoms with Crippen molar-refractivity contribution in [3.63, 3.8) is 0 Å². The third-order valence-corrected chi connectivity index (χ3v) is 3.80. The van der Waals surface area contributed by atoms with E-state index in [-0.39, 0.29) is 6.04 Å². The summed E-state index contributed by atoms with van der Waals surface area (Å²) in [7, 11) is 1.58. The van der Waals surface area contributed by atoms with Crippen molar-refractivity contribution in [2.45, 2.75) is 19.4 Å². The first-order valence-corrected chi connectivity index (χ1v) is 7.14. The maximum atomic E-state index is 5.14. The van der Waals surface area contributed by atoms with E-state index in [0.717, 1.165) is 15.9 Å². The minimum absolute atomic E-state index is 0.121. The minimum atomic E-state index is 0.121. The first-order valence-electron chi connectivity index (χ1n) is 5.47. The lowest BCUT2D eigenvalue weighted by molar-refractivity contribution is 0.394. The highest BCUT2D eigenvalue weighted by atomic mass is 79.9. The van der Waals surface area contributed by atoms with Crippen molar-refractivity contribution in [1.29, 1.82) is 0 Å². The van der Waals surface area contributed by atoms with Gasteiger partial charge in [-0.2, -0.15) is 4.98 Å². The molecule has 1 unspecified atom stereocenters. The van der Waals surface area contributed by atoms with Gasteiger partial charge in [0, 0.05) is 11.6 Å². The smallest absolute Gasteiger partial charge is 0.232 e. The van der Waals surface area contributed by atoms with Crippen LogP contribution in [0.5, 0.6) is 5.88 Å². The molecule has 1 atom stereocenters. The summed E-state index contributed by atoms with van der Waals surface area (Å²) in [6.45, 7) is 2.09. The Bertz CT molecular complexity index is 506. The van der Waals surface area contributed by atoms with E-state index in [1.54, 1.807) is 30.8 Å². The molecule has 0 radical (unpaired) electrons. The van der Waals surface area contributed by atoms with E-state index in [4.69, 9.17) is 4.74 Å². The molecule has 0 bridgehead atoms. The van der Waals surface area contributed by atoms with Crippen LogP contribution in [0, 0.1) is 0 Å². The number of methoxy groups -OCH3 is 1. The Labute approximate surface area is 118 Å². The van der Waals surface area contributed by atoms with Gasteiger partial charge in [0.2, 0.25) is 11.8 Å². The van der Waals surface area contributed by atoms with Crippen LogP contribution in [-0.2, 0) is 0 Å². The third-order valence-electron chi connectivity index (χ3n) is 2.37. The number of hydrogen-bond donors (Lipinski definition) is 1. The normalized spacial score (nSPS) is 12.2. The standard InChI is InChI=1S/C11H13BrN4OS/c1-3-8(10-13-4-5-18-10)15-11-14-6-7(12)9(16-11)17-2/h4-6,8H,3H2,1-2H3,(H,14,15,16). The van der Waals surface area contributed by atoms with Crippen LogP contribution in [0.25, 0.3) is 0 Å².